The minimum Gasteiger partial charge on any atom is -0.475 e. The van der Waals surface area contributed by atoms with Gasteiger partial charge < -0.3 is 15.4 Å². The van der Waals surface area contributed by atoms with Crippen molar-refractivity contribution >= 4 is 5.97 Å². The molecule has 2 heterocycles. The molecule has 1 aliphatic rings. The number of nitrogens with zero attached hydrogens (tertiary/aromatic N) is 2. The van der Waals surface area contributed by atoms with E-state index in [0.717, 1.165) is 12.3 Å². The number of fused-ring (bicyclic) bond motifs is 1. The number of nitrogens with two attached hydrogens (primary N) is 1. The maximum atomic E-state index is 14.1. The SMILES string of the molecule is N[C@@H]1CC[C@@H](c2cccc(F)c2F)Cn2c(CC(F)(F)F)cnc21.O=C(O)C(F)(F)F. The maximum absolute atomic E-state index is 14.1. The molecule has 0 amide bonds. The molecule has 0 saturated heterocycles. The van der Waals surface area contributed by atoms with E-state index in [4.69, 9.17) is 15.6 Å². The maximum Gasteiger partial charge on any atom is 0.490 e. The molecule has 1 aliphatic heterocycles. The standard InChI is InChI=1S/C16H16F5N3.C2HF3O2/c17-12-3-1-2-11(14(12)18)9-4-5-13(22)15-23-7-10(24(15)8-9)6-16(19,20)21;3-2(4,5)1(6)7/h1-3,7,9,13H,4-6,8,22H2;(H,6,7)/t9-,13-;/m1./s1. The van der Waals surface area contributed by atoms with Gasteiger partial charge in [-0.15, -0.1) is 0 Å². The number of aromatic nitrogens is 2. The van der Waals surface area contributed by atoms with E-state index >= 15 is 0 Å². The van der Waals surface area contributed by atoms with Crippen molar-refractivity contribution in [3.05, 3.63) is 53.1 Å². The second kappa shape index (κ2) is 9.20. The molecule has 2 atom stereocenters. The van der Waals surface area contributed by atoms with E-state index in [-0.39, 0.29) is 17.8 Å². The molecule has 0 spiro atoms. The molecule has 31 heavy (non-hydrogen) atoms. The Morgan fingerprint density at radius 3 is 2.32 bits per heavy atom. The zero-order valence-electron chi connectivity index (χ0n) is 15.6. The Morgan fingerprint density at radius 2 is 1.77 bits per heavy atom. The van der Waals surface area contributed by atoms with Crippen molar-refractivity contribution < 1.29 is 45.0 Å². The topological polar surface area (TPSA) is 81.1 Å². The molecule has 2 aromatic rings. The number of rotatable bonds is 2. The van der Waals surface area contributed by atoms with Crippen LogP contribution in [-0.4, -0.2) is 33.0 Å². The Labute approximate surface area is 170 Å². The first-order valence-electron chi connectivity index (χ1n) is 8.81. The van der Waals surface area contributed by atoms with E-state index in [9.17, 15) is 35.1 Å². The number of carboxylic acids is 1. The monoisotopic (exact) mass is 459 g/mol. The quantitative estimate of drug-likeness (QED) is 0.650. The predicted molar refractivity (Wildman–Crippen MR) is 90.9 cm³/mol. The summed E-state index contributed by atoms with van der Waals surface area (Å²) in [4.78, 5) is 12.9. The number of carboxylic acid groups (broad SMARTS) is 1. The normalized spacial score (nSPS) is 19.1. The molecular weight excluding hydrogens is 442 g/mol. The molecule has 172 valence electrons. The van der Waals surface area contributed by atoms with Crippen LogP contribution in [0.2, 0.25) is 0 Å². The summed E-state index contributed by atoms with van der Waals surface area (Å²) in [6.07, 6.45) is -8.57. The van der Waals surface area contributed by atoms with E-state index in [0.29, 0.717) is 18.7 Å². The molecule has 5 nitrogen and oxygen atoms in total. The van der Waals surface area contributed by atoms with Crippen molar-refractivity contribution in [2.24, 2.45) is 5.73 Å². The molecule has 0 aliphatic carbocycles. The first-order chi connectivity index (χ1) is 14.2. The van der Waals surface area contributed by atoms with Crippen LogP contribution >= 0.6 is 0 Å². The van der Waals surface area contributed by atoms with Gasteiger partial charge in [-0.25, -0.2) is 18.6 Å². The van der Waals surface area contributed by atoms with Crippen LogP contribution in [0.3, 0.4) is 0 Å². The van der Waals surface area contributed by atoms with Gasteiger partial charge >= 0.3 is 18.3 Å². The Kier molecular flexibility index (Phi) is 7.29. The predicted octanol–water partition coefficient (Wildman–Crippen LogP) is 4.48. The number of hydrogen-bond donors (Lipinski definition) is 2. The van der Waals surface area contributed by atoms with Gasteiger partial charge in [0, 0.05) is 24.4 Å². The Bertz CT molecular complexity index is 924. The van der Waals surface area contributed by atoms with Crippen molar-refractivity contribution in [3.63, 3.8) is 0 Å². The molecule has 0 fully saturated rings. The molecule has 13 heteroatoms. The molecule has 0 bridgehead atoms. The molecule has 0 radical (unpaired) electrons. The summed E-state index contributed by atoms with van der Waals surface area (Å²) in [6.45, 7) is 0.0921. The fraction of sp³-hybridized carbons (Fsp3) is 0.444. The number of imidazole rings is 1. The highest BCUT2D eigenvalue weighted by atomic mass is 19.4. The van der Waals surface area contributed by atoms with Gasteiger partial charge in [-0.05, 0) is 24.5 Å². The number of aliphatic carboxylic acids is 1. The third kappa shape index (κ3) is 6.39. The summed E-state index contributed by atoms with van der Waals surface area (Å²) in [5.41, 5.74) is 6.14. The van der Waals surface area contributed by atoms with E-state index in [2.05, 4.69) is 4.98 Å². The highest BCUT2D eigenvalue weighted by molar-refractivity contribution is 5.73. The van der Waals surface area contributed by atoms with Crippen molar-refractivity contribution in [3.8, 4) is 0 Å². The average Bonchev–Trinajstić information content (AvgIpc) is 2.92. The van der Waals surface area contributed by atoms with E-state index in [1.807, 2.05) is 0 Å². The summed E-state index contributed by atoms with van der Waals surface area (Å²) >= 11 is 0. The lowest BCUT2D eigenvalue weighted by Gasteiger charge is -2.19. The molecule has 1 aromatic carbocycles. The van der Waals surface area contributed by atoms with Crippen molar-refractivity contribution in [1.29, 1.82) is 0 Å². The minimum absolute atomic E-state index is 0.0170. The van der Waals surface area contributed by atoms with Crippen LogP contribution in [0.5, 0.6) is 0 Å². The summed E-state index contributed by atoms with van der Waals surface area (Å²) in [7, 11) is 0. The van der Waals surface area contributed by atoms with E-state index < -0.39 is 48.3 Å². The van der Waals surface area contributed by atoms with Crippen LogP contribution in [0, 0.1) is 11.6 Å². The van der Waals surface area contributed by atoms with Gasteiger partial charge in [-0.3, -0.25) is 0 Å². The fourth-order valence-electron chi connectivity index (χ4n) is 3.19. The number of carbonyl (C=O) groups is 1. The summed E-state index contributed by atoms with van der Waals surface area (Å²) in [5, 5.41) is 7.12. The minimum atomic E-state index is -5.08. The highest BCUT2D eigenvalue weighted by Crippen LogP contribution is 2.35. The summed E-state index contributed by atoms with van der Waals surface area (Å²) < 4.78 is 98.9. The molecule has 1 aromatic heterocycles. The van der Waals surface area contributed by atoms with Gasteiger partial charge in [-0.2, -0.15) is 26.3 Å². The third-order valence-corrected chi connectivity index (χ3v) is 4.58. The lowest BCUT2D eigenvalue weighted by atomic mass is 9.93. The largest absolute Gasteiger partial charge is 0.490 e. The van der Waals surface area contributed by atoms with E-state index in [1.165, 1.54) is 16.7 Å². The van der Waals surface area contributed by atoms with Crippen molar-refractivity contribution in [2.45, 2.75) is 50.1 Å². The number of hydrogen-bond acceptors (Lipinski definition) is 3. The number of alkyl halides is 6. The zero-order chi connectivity index (χ0) is 23.6. The third-order valence-electron chi connectivity index (χ3n) is 4.58. The van der Waals surface area contributed by atoms with Gasteiger partial charge in [0.05, 0.1) is 12.5 Å². The molecule has 3 N–H and O–H groups in total. The van der Waals surface area contributed by atoms with E-state index in [1.54, 1.807) is 0 Å². The first-order valence-corrected chi connectivity index (χ1v) is 8.81. The van der Waals surface area contributed by atoms with Crippen molar-refractivity contribution in [1.82, 2.24) is 9.55 Å². The van der Waals surface area contributed by atoms with Crippen molar-refractivity contribution in [2.75, 3.05) is 0 Å². The second-order valence-electron chi connectivity index (χ2n) is 6.84. The fourth-order valence-corrected chi connectivity index (χ4v) is 3.19. The molecular formula is C18H17F8N3O2. The number of halogens is 8. The Balaban J connectivity index is 0.000000423. The van der Waals surface area contributed by atoms with Crippen LogP contribution in [0.15, 0.2) is 24.4 Å². The Morgan fingerprint density at radius 1 is 1.16 bits per heavy atom. The van der Waals surface area contributed by atoms with Gasteiger partial charge in [0.1, 0.15) is 5.82 Å². The smallest absolute Gasteiger partial charge is 0.475 e. The van der Waals surface area contributed by atoms with Gasteiger partial charge in [0.15, 0.2) is 11.6 Å². The van der Waals surface area contributed by atoms with Gasteiger partial charge in [0.2, 0.25) is 0 Å². The lowest BCUT2D eigenvalue weighted by Crippen LogP contribution is -2.21. The van der Waals surface area contributed by atoms with Crippen LogP contribution in [0.4, 0.5) is 35.1 Å². The summed E-state index contributed by atoms with van der Waals surface area (Å²) in [6, 6.07) is 3.33. The molecule has 3 rings (SSSR count). The number of benzene rings is 1. The Hall–Kier alpha value is -2.70. The molecule has 0 unspecified atom stereocenters. The van der Waals surface area contributed by atoms with Crippen LogP contribution in [-0.2, 0) is 17.8 Å². The average molecular weight is 459 g/mol. The second-order valence-corrected chi connectivity index (χ2v) is 6.84. The first kappa shape index (κ1) is 24.6. The summed E-state index contributed by atoms with van der Waals surface area (Å²) in [5.74, 6) is -4.80. The zero-order valence-corrected chi connectivity index (χ0v) is 15.6. The van der Waals surface area contributed by atoms with Crippen LogP contribution < -0.4 is 5.73 Å². The lowest BCUT2D eigenvalue weighted by molar-refractivity contribution is -0.192. The van der Waals surface area contributed by atoms with Crippen LogP contribution in [0.25, 0.3) is 0 Å². The van der Waals surface area contributed by atoms with Gasteiger partial charge in [-0.1, -0.05) is 12.1 Å². The van der Waals surface area contributed by atoms with Crippen LogP contribution in [0.1, 0.15) is 41.9 Å². The molecule has 0 saturated carbocycles. The van der Waals surface area contributed by atoms with Gasteiger partial charge in [0.25, 0.3) is 0 Å². The highest BCUT2D eigenvalue weighted by Gasteiger charge is 2.38.